The van der Waals surface area contributed by atoms with E-state index >= 15 is 0 Å². The topological polar surface area (TPSA) is 67.2 Å². The number of thiophene rings is 1. The van der Waals surface area contributed by atoms with Crippen LogP contribution in [0, 0.1) is 20.8 Å². The maximum atomic E-state index is 12.4. The van der Waals surface area contributed by atoms with Crippen LogP contribution in [0.3, 0.4) is 0 Å². The highest BCUT2D eigenvalue weighted by molar-refractivity contribution is 7.16. The minimum Gasteiger partial charge on any atom is -0.388 e. The number of amides is 1. The second kappa shape index (κ2) is 6.14. The van der Waals surface area contributed by atoms with Gasteiger partial charge >= 0.3 is 0 Å². The van der Waals surface area contributed by atoms with Gasteiger partial charge in [-0.1, -0.05) is 12.1 Å². The zero-order chi connectivity index (χ0) is 16.6. The molecule has 0 spiro atoms. The summed E-state index contributed by atoms with van der Waals surface area (Å²) >= 11 is 1.59. The van der Waals surface area contributed by atoms with Gasteiger partial charge in [0, 0.05) is 4.88 Å². The highest BCUT2D eigenvalue weighted by atomic mass is 32.1. The number of hydrogen-bond acceptors (Lipinski definition) is 4. The monoisotopic (exact) mass is 329 g/mol. The van der Waals surface area contributed by atoms with E-state index in [1.807, 2.05) is 31.2 Å². The fourth-order valence-corrected chi connectivity index (χ4v) is 3.68. The molecule has 6 heteroatoms. The summed E-state index contributed by atoms with van der Waals surface area (Å²) in [6.45, 7) is 6.06. The van der Waals surface area contributed by atoms with E-state index in [1.54, 1.807) is 15.9 Å². The van der Waals surface area contributed by atoms with E-state index in [1.165, 1.54) is 10.4 Å². The number of anilines is 1. The Labute approximate surface area is 138 Å². The first-order chi connectivity index (χ1) is 11.0. The summed E-state index contributed by atoms with van der Waals surface area (Å²) in [5, 5.41) is 13.4. The van der Waals surface area contributed by atoms with E-state index in [-0.39, 0.29) is 19.1 Å². The second-order valence-electron chi connectivity index (χ2n) is 5.55. The quantitative estimate of drug-likeness (QED) is 0.772. The van der Waals surface area contributed by atoms with Crippen molar-refractivity contribution in [2.75, 3.05) is 5.32 Å². The van der Waals surface area contributed by atoms with Gasteiger partial charge in [0.15, 0.2) is 0 Å². The zero-order valence-corrected chi connectivity index (χ0v) is 14.2. The van der Waals surface area contributed by atoms with Gasteiger partial charge in [0.25, 0.3) is 0 Å². The van der Waals surface area contributed by atoms with Gasteiger partial charge in [-0.15, -0.1) is 11.3 Å². The van der Waals surface area contributed by atoms with Crippen molar-refractivity contribution >= 4 is 33.3 Å². The van der Waals surface area contributed by atoms with Crippen LogP contribution in [0.2, 0.25) is 0 Å². The summed E-state index contributed by atoms with van der Waals surface area (Å²) in [6, 6.07) is 7.57. The van der Waals surface area contributed by atoms with Crippen molar-refractivity contribution in [3.05, 3.63) is 46.1 Å². The van der Waals surface area contributed by atoms with Crippen LogP contribution in [0.1, 0.15) is 21.8 Å². The van der Waals surface area contributed by atoms with Crippen LogP contribution in [0.4, 0.5) is 5.00 Å². The first-order valence-electron chi connectivity index (χ1n) is 7.42. The molecule has 0 aliphatic carbocycles. The zero-order valence-electron chi connectivity index (χ0n) is 13.4. The molecule has 0 saturated heterocycles. The van der Waals surface area contributed by atoms with Gasteiger partial charge in [-0.3, -0.25) is 4.79 Å². The lowest BCUT2D eigenvalue weighted by molar-refractivity contribution is -0.116. The average Bonchev–Trinajstić information content (AvgIpc) is 3.01. The number of nitrogens with zero attached hydrogens (tertiary/aromatic N) is 2. The fourth-order valence-electron chi connectivity index (χ4n) is 2.59. The molecule has 5 nitrogen and oxygen atoms in total. The molecule has 1 aromatic carbocycles. The van der Waals surface area contributed by atoms with Crippen molar-refractivity contribution < 1.29 is 9.90 Å². The van der Waals surface area contributed by atoms with Crippen LogP contribution in [0.5, 0.6) is 0 Å². The van der Waals surface area contributed by atoms with Crippen molar-refractivity contribution in [3.8, 4) is 0 Å². The molecule has 0 unspecified atom stereocenters. The molecule has 0 bridgehead atoms. The lowest BCUT2D eigenvalue weighted by Crippen LogP contribution is -2.20. The van der Waals surface area contributed by atoms with Gasteiger partial charge in [0.05, 0.1) is 16.0 Å². The fraction of sp³-hybridized carbons (Fsp3) is 0.294. The molecule has 23 heavy (non-hydrogen) atoms. The van der Waals surface area contributed by atoms with E-state index in [0.717, 1.165) is 21.6 Å². The van der Waals surface area contributed by atoms with Crippen molar-refractivity contribution in [2.24, 2.45) is 0 Å². The normalized spacial score (nSPS) is 11.1. The number of aromatic nitrogens is 2. The van der Waals surface area contributed by atoms with Crippen LogP contribution in [-0.2, 0) is 17.9 Å². The smallest absolute Gasteiger partial charge is 0.244 e. The number of imidazole rings is 1. The summed E-state index contributed by atoms with van der Waals surface area (Å²) in [7, 11) is 0. The number of rotatable bonds is 4. The number of nitrogens with one attached hydrogen (secondary N) is 1. The summed E-state index contributed by atoms with van der Waals surface area (Å²) < 4.78 is 1.76. The number of carbonyl (C=O) groups excluding carboxylic acids is 1. The Morgan fingerprint density at radius 3 is 2.65 bits per heavy atom. The largest absolute Gasteiger partial charge is 0.388 e. The average molecular weight is 329 g/mol. The standard InChI is InChI=1S/C17H19N3O2S/c1-10-11(2)17(23-12(10)3)19-16(22)8-20-14-7-5-4-6-13(14)18-15(20)9-21/h4-7,21H,8-9H2,1-3H3,(H,19,22). The third-order valence-electron chi connectivity index (χ3n) is 4.12. The number of fused-ring (bicyclic) bond motifs is 1. The van der Waals surface area contributed by atoms with Crippen LogP contribution in [0.25, 0.3) is 11.0 Å². The predicted octanol–water partition coefficient (Wildman–Crippen LogP) is 3.15. The van der Waals surface area contributed by atoms with E-state index in [0.29, 0.717) is 5.82 Å². The number of aryl methyl sites for hydroxylation is 1. The summed E-state index contributed by atoms with van der Waals surface area (Å²) in [6.07, 6.45) is 0. The van der Waals surface area contributed by atoms with E-state index in [4.69, 9.17) is 0 Å². The SMILES string of the molecule is Cc1sc(NC(=O)Cn2c(CO)nc3ccccc32)c(C)c1C. The first kappa shape index (κ1) is 15.7. The molecule has 0 saturated carbocycles. The van der Waals surface area contributed by atoms with E-state index in [9.17, 15) is 9.90 Å². The Kier molecular flexibility index (Phi) is 4.19. The second-order valence-corrected chi connectivity index (χ2v) is 6.77. The molecule has 2 N–H and O–H groups in total. The van der Waals surface area contributed by atoms with Crippen molar-refractivity contribution in [1.82, 2.24) is 9.55 Å². The van der Waals surface area contributed by atoms with Gasteiger partial charge in [0.1, 0.15) is 19.0 Å². The highest BCUT2D eigenvalue weighted by Crippen LogP contribution is 2.31. The molecular weight excluding hydrogens is 310 g/mol. The lowest BCUT2D eigenvalue weighted by Gasteiger charge is -2.08. The highest BCUT2D eigenvalue weighted by Gasteiger charge is 2.15. The number of aliphatic hydroxyl groups excluding tert-OH is 1. The molecule has 0 fully saturated rings. The minimum atomic E-state index is -0.196. The summed E-state index contributed by atoms with van der Waals surface area (Å²) in [5.74, 6) is 0.379. The van der Waals surface area contributed by atoms with E-state index < -0.39 is 0 Å². The Hall–Kier alpha value is -2.18. The maximum absolute atomic E-state index is 12.4. The van der Waals surface area contributed by atoms with Crippen LogP contribution in [-0.4, -0.2) is 20.6 Å². The number of aliphatic hydroxyl groups is 1. The van der Waals surface area contributed by atoms with Crippen LogP contribution in [0.15, 0.2) is 24.3 Å². The number of carbonyl (C=O) groups is 1. The lowest BCUT2D eigenvalue weighted by atomic mass is 10.2. The van der Waals surface area contributed by atoms with Gasteiger partial charge in [0.2, 0.25) is 5.91 Å². The molecule has 120 valence electrons. The summed E-state index contributed by atoms with van der Waals surface area (Å²) in [5.41, 5.74) is 3.96. The molecule has 2 aromatic heterocycles. The molecule has 0 aliphatic heterocycles. The van der Waals surface area contributed by atoms with Gasteiger partial charge in [-0.05, 0) is 44.0 Å². The predicted molar refractivity (Wildman–Crippen MR) is 92.8 cm³/mol. The Morgan fingerprint density at radius 1 is 1.26 bits per heavy atom. The van der Waals surface area contributed by atoms with Crippen molar-refractivity contribution in [2.45, 2.75) is 33.9 Å². The maximum Gasteiger partial charge on any atom is 0.244 e. The molecule has 0 aliphatic rings. The van der Waals surface area contributed by atoms with Crippen LogP contribution >= 0.6 is 11.3 Å². The van der Waals surface area contributed by atoms with Crippen LogP contribution < -0.4 is 5.32 Å². The molecule has 0 atom stereocenters. The van der Waals surface area contributed by atoms with Crippen molar-refractivity contribution in [1.29, 1.82) is 0 Å². The third kappa shape index (κ3) is 2.87. The Balaban J connectivity index is 1.87. The molecule has 0 radical (unpaired) electrons. The molecule has 1 amide bonds. The first-order valence-corrected chi connectivity index (χ1v) is 8.24. The molecular formula is C17H19N3O2S. The minimum absolute atomic E-state index is 0.118. The number of para-hydroxylation sites is 2. The number of hydrogen-bond donors (Lipinski definition) is 2. The Bertz CT molecular complexity index is 879. The molecule has 3 rings (SSSR count). The third-order valence-corrected chi connectivity index (χ3v) is 5.34. The number of benzene rings is 1. The van der Waals surface area contributed by atoms with Gasteiger partial charge in [-0.2, -0.15) is 0 Å². The molecule has 3 aromatic rings. The van der Waals surface area contributed by atoms with Gasteiger partial charge in [-0.25, -0.2) is 4.98 Å². The van der Waals surface area contributed by atoms with Gasteiger partial charge < -0.3 is 15.0 Å². The summed E-state index contributed by atoms with van der Waals surface area (Å²) in [4.78, 5) is 18.0. The molecule has 2 heterocycles. The Morgan fingerprint density at radius 2 is 2.00 bits per heavy atom. The van der Waals surface area contributed by atoms with Crippen molar-refractivity contribution in [3.63, 3.8) is 0 Å². The van der Waals surface area contributed by atoms with E-state index in [2.05, 4.69) is 24.1 Å².